The molecule has 1 aromatic carbocycles. The number of nitrogens with zero attached hydrogens (tertiary/aromatic N) is 1. The third-order valence-corrected chi connectivity index (χ3v) is 5.01. The molecule has 0 aliphatic rings. The summed E-state index contributed by atoms with van der Waals surface area (Å²) < 4.78 is 32.5. The molecule has 0 bridgehead atoms. The van der Waals surface area contributed by atoms with Gasteiger partial charge in [0.05, 0.1) is 17.3 Å². The molecule has 5 nitrogen and oxygen atoms in total. The Balaban J connectivity index is 2.16. The highest BCUT2D eigenvalue weighted by Crippen LogP contribution is 2.22. The first-order valence-electron chi connectivity index (χ1n) is 6.36. The van der Waals surface area contributed by atoms with Crippen LogP contribution in [0.15, 0.2) is 52.0 Å². The van der Waals surface area contributed by atoms with E-state index in [-0.39, 0.29) is 22.5 Å². The van der Waals surface area contributed by atoms with Crippen molar-refractivity contribution < 1.29 is 12.8 Å². The van der Waals surface area contributed by atoms with Crippen LogP contribution < -0.4 is 4.72 Å². The molecule has 1 heterocycles. The molecule has 7 heteroatoms. The van der Waals surface area contributed by atoms with Crippen molar-refractivity contribution in [3.63, 3.8) is 0 Å². The van der Waals surface area contributed by atoms with E-state index in [2.05, 4.69) is 4.72 Å². The fourth-order valence-electron chi connectivity index (χ4n) is 1.95. The molecule has 1 N–H and O–H groups in total. The molecule has 1 aromatic heterocycles. The van der Waals surface area contributed by atoms with Gasteiger partial charge in [-0.05, 0) is 38.4 Å². The topological polar surface area (TPSA) is 62.6 Å². The summed E-state index contributed by atoms with van der Waals surface area (Å²) in [5.74, 6) is 0.696. The lowest BCUT2D eigenvalue weighted by Gasteiger charge is -2.22. The number of nitrogens with one attached hydrogen (secondary N) is 1. The second-order valence-corrected chi connectivity index (χ2v) is 6.92. The number of furan rings is 1. The summed E-state index contributed by atoms with van der Waals surface area (Å²) in [7, 11) is 0.0553. The number of hydrogen-bond acceptors (Lipinski definition) is 4. The molecule has 1 atom stereocenters. The Morgan fingerprint density at radius 2 is 1.95 bits per heavy atom. The number of benzene rings is 1. The zero-order chi connectivity index (χ0) is 15.5. The fraction of sp³-hybridized carbons (Fsp3) is 0.286. The number of sulfonamides is 1. The van der Waals surface area contributed by atoms with Crippen LogP contribution >= 0.6 is 11.6 Å². The van der Waals surface area contributed by atoms with Crippen molar-refractivity contribution in [2.75, 3.05) is 20.6 Å². The first-order valence-corrected chi connectivity index (χ1v) is 8.22. The molecule has 0 spiro atoms. The second-order valence-electron chi connectivity index (χ2n) is 4.78. The molecule has 2 aromatic rings. The molecule has 0 saturated heterocycles. The number of rotatable bonds is 6. The van der Waals surface area contributed by atoms with Crippen molar-refractivity contribution in [2.45, 2.75) is 10.9 Å². The van der Waals surface area contributed by atoms with E-state index >= 15 is 0 Å². The minimum absolute atomic E-state index is 0.0728. The first-order chi connectivity index (χ1) is 9.92. The van der Waals surface area contributed by atoms with Crippen molar-refractivity contribution in [3.05, 3.63) is 53.4 Å². The van der Waals surface area contributed by atoms with Gasteiger partial charge in [0.25, 0.3) is 0 Å². The van der Waals surface area contributed by atoms with Gasteiger partial charge >= 0.3 is 0 Å². The molecule has 0 radical (unpaired) electrons. The molecule has 0 amide bonds. The standard InChI is InChI=1S/C14H17ClN2O3S/c1-17(2)12(13-7-5-9-20-13)10-16-21(18,19)14-8-4-3-6-11(14)15/h3-9,12,16H,10H2,1-2H3/t12-/m1/s1. The molecule has 0 saturated carbocycles. The Hall–Kier alpha value is -1.34. The van der Waals surface area contributed by atoms with Gasteiger partial charge in [-0.3, -0.25) is 4.90 Å². The maximum absolute atomic E-state index is 12.3. The lowest BCUT2D eigenvalue weighted by atomic mass is 10.2. The number of halogens is 1. The molecular weight excluding hydrogens is 312 g/mol. The summed E-state index contributed by atoms with van der Waals surface area (Å²) in [4.78, 5) is 1.96. The van der Waals surface area contributed by atoms with Crippen molar-refractivity contribution in [3.8, 4) is 0 Å². The van der Waals surface area contributed by atoms with Crippen molar-refractivity contribution in [1.82, 2.24) is 9.62 Å². The molecule has 2 rings (SSSR count). The van der Waals surface area contributed by atoms with Gasteiger partial charge in [-0.15, -0.1) is 0 Å². The summed E-state index contributed by atoms with van der Waals surface area (Å²) in [6, 6.07) is 9.73. The van der Waals surface area contributed by atoms with E-state index < -0.39 is 10.0 Å². The SMILES string of the molecule is CN(C)[C@H](CNS(=O)(=O)c1ccccc1Cl)c1ccco1. The third kappa shape index (κ3) is 3.85. The van der Waals surface area contributed by atoms with Crippen molar-refractivity contribution in [2.24, 2.45) is 0 Å². The van der Waals surface area contributed by atoms with Crippen LogP contribution in [0.2, 0.25) is 5.02 Å². The van der Waals surface area contributed by atoms with Gasteiger partial charge in [-0.25, -0.2) is 13.1 Å². The van der Waals surface area contributed by atoms with Gasteiger partial charge in [-0.2, -0.15) is 0 Å². The summed E-state index contributed by atoms with van der Waals surface area (Å²) in [5, 5.41) is 0.199. The minimum Gasteiger partial charge on any atom is -0.468 e. The lowest BCUT2D eigenvalue weighted by molar-refractivity contribution is 0.259. The smallest absolute Gasteiger partial charge is 0.242 e. The zero-order valence-corrected chi connectivity index (χ0v) is 13.4. The number of likely N-dealkylation sites (N-methyl/N-ethyl adjacent to an activating group) is 1. The summed E-state index contributed by atoms with van der Waals surface area (Å²) in [5.41, 5.74) is 0. The van der Waals surface area contributed by atoms with Gasteiger partial charge in [0.1, 0.15) is 10.7 Å². The van der Waals surface area contributed by atoms with Crippen molar-refractivity contribution >= 4 is 21.6 Å². The van der Waals surface area contributed by atoms with Crippen LogP contribution in [-0.4, -0.2) is 34.0 Å². The van der Waals surface area contributed by atoms with Gasteiger partial charge in [0.2, 0.25) is 10.0 Å². The first kappa shape index (κ1) is 16.0. The molecule has 0 aliphatic carbocycles. The molecule has 0 unspecified atom stereocenters. The predicted molar refractivity (Wildman–Crippen MR) is 81.8 cm³/mol. The number of hydrogen-bond donors (Lipinski definition) is 1. The Morgan fingerprint density at radius 1 is 1.24 bits per heavy atom. The molecule has 21 heavy (non-hydrogen) atoms. The minimum atomic E-state index is -3.66. The quantitative estimate of drug-likeness (QED) is 0.885. The van der Waals surface area contributed by atoms with E-state index in [9.17, 15) is 8.42 Å². The van der Waals surface area contributed by atoms with Gasteiger partial charge in [0.15, 0.2) is 0 Å². The Morgan fingerprint density at radius 3 is 2.52 bits per heavy atom. The highest BCUT2D eigenvalue weighted by atomic mass is 35.5. The molecule has 0 aliphatic heterocycles. The van der Waals surface area contributed by atoms with E-state index in [0.717, 1.165) is 0 Å². The average molecular weight is 329 g/mol. The fourth-order valence-corrected chi connectivity index (χ4v) is 3.50. The van der Waals surface area contributed by atoms with Crippen LogP contribution in [0, 0.1) is 0 Å². The van der Waals surface area contributed by atoms with Crippen LogP contribution in [0.1, 0.15) is 11.8 Å². The summed E-state index contributed by atoms with van der Waals surface area (Å²) >= 11 is 5.94. The van der Waals surface area contributed by atoms with E-state index in [1.807, 2.05) is 25.1 Å². The van der Waals surface area contributed by atoms with Gasteiger partial charge < -0.3 is 4.42 Å². The Bertz CT molecular complexity index is 684. The summed E-state index contributed by atoms with van der Waals surface area (Å²) in [6.45, 7) is 0.189. The zero-order valence-electron chi connectivity index (χ0n) is 11.8. The van der Waals surface area contributed by atoms with E-state index in [1.165, 1.54) is 6.07 Å². The van der Waals surface area contributed by atoms with Crippen LogP contribution in [0.4, 0.5) is 0 Å². The largest absolute Gasteiger partial charge is 0.468 e. The monoisotopic (exact) mass is 328 g/mol. The van der Waals surface area contributed by atoms with Gasteiger partial charge in [-0.1, -0.05) is 23.7 Å². The Kier molecular flexibility index (Phi) is 5.05. The van der Waals surface area contributed by atoms with Crippen LogP contribution in [0.3, 0.4) is 0 Å². The maximum Gasteiger partial charge on any atom is 0.242 e. The maximum atomic E-state index is 12.3. The van der Waals surface area contributed by atoms with E-state index in [0.29, 0.717) is 5.76 Å². The second kappa shape index (κ2) is 6.62. The average Bonchev–Trinajstić information content (AvgIpc) is 2.92. The molecule has 114 valence electrons. The van der Waals surface area contributed by atoms with E-state index in [1.54, 1.807) is 30.5 Å². The summed E-state index contributed by atoms with van der Waals surface area (Å²) in [6.07, 6.45) is 1.56. The van der Waals surface area contributed by atoms with Crippen molar-refractivity contribution in [1.29, 1.82) is 0 Å². The predicted octanol–water partition coefficient (Wildman–Crippen LogP) is 2.51. The normalized spacial score (nSPS) is 13.5. The molecule has 0 fully saturated rings. The van der Waals surface area contributed by atoms with Gasteiger partial charge in [0, 0.05) is 6.54 Å². The van der Waals surface area contributed by atoms with Crippen LogP contribution in [0.25, 0.3) is 0 Å². The lowest BCUT2D eigenvalue weighted by Crippen LogP contribution is -2.34. The van der Waals surface area contributed by atoms with Crippen LogP contribution in [-0.2, 0) is 10.0 Å². The highest BCUT2D eigenvalue weighted by molar-refractivity contribution is 7.89. The highest BCUT2D eigenvalue weighted by Gasteiger charge is 2.22. The third-order valence-electron chi connectivity index (χ3n) is 3.09. The Labute approximate surface area is 129 Å². The molecular formula is C14H17ClN2O3S. The van der Waals surface area contributed by atoms with E-state index in [4.69, 9.17) is 16.0 Å². The van der Waals surface area contributed by atoms with Crippen LogP contribution in [0.5, 0.6) is 0 Å².